The van der Waals surface area contributed by atoms with E-state index < -0.39 is 8.80 Å². The van der Waals surface area contributed by atoms with Gasteiger partial charge in [-0.25, -0.2) is 0 Å². The van der Waals surface area contributed by atoms with Gasteiger partial charge in [-0.3, -0.25) is 0 Å². The number of hydrogen-bond acceptors (Lipinski definition) is 5. The van der Waals surface area contributed by atoms with Crippen molar-refractivity contribution in [2.45, 2.75) is 18.9 Å². The lowest BCUT2D eigenvalue weighted by atomic mass is 10.5. The van der Waals surface area contributed by atoms with Crippen LogP contribution in [0.25, 0.3) is 0 Å². The smallest absolute Gasteiger partial charge is 0.385 e. The van der Waals surface area contributed by atoms with E-state index in [1.54, 1.807) is 21.3 Å². The highest BCUT2D eigenvalue weighted by Crippen LogP contribution is 2.16. The molecule has 0 aromatic heterocycles. The second-order valence-electron chi connectivity index (χ2n) is 3.49. The van der Waals surface area contributed by atoms with Crippen molar-refractivity contribution in [2.24, 2.45) is 0 Å². The first-order valence-electron chi connectivity index (χ1n) is 5.62. The number of hydrogen-bond donors (Lipinski definition) is 1. The highest BCUT2D eigenvalue weighted by molar-refractivity contribution is 6.60. The predicted molar refractivity (Wildman–Crippen MR) is 65.6 cm³/mol. The van der Waals surface area contributed by atoms with Crippen LogP contribution in [0.4, 0.5) is 0 Å². The molecular formula is C10H25NO4Si. The second kappa shape index (κ2) is 10.2. The van der Waals surface area contributed by atoms with Gasteiger partial charge < -0.3 is 23.3 Å². The Kier molecular flexibility index (Phi) is 10.2. The van der Waals surface area contributed by atoms with Crippen LogP contribution in [-0.2, 0) is 18.0 Å². The molecule has 5 nitrogen and oxygen atoms in total. The monoisotopic (exact) mass is 251 g/mol. The summed E-state index contributed by atoms with van der Waals surface area (Å²) in [6.45, 7) is 2.28. The quantitative estimate of drug-likeness (QED) is 0.436. The number of rotatable bonds is 11. The molecule has 98 valence electrons. The van der Waals surface area contributed by atoms with Gasteiger partial charge in [-0.1, -0.05) is 0 Å². The molecule has 0 radical (unpaired) electrons. The first kappa shape index (κ1) is 16.0. The predicted octanol–water partition coefficient (Wildman–Crippen LogP) is 0.881. The lowest BCUT2D eigenvalue weighted by Gasteiger charge is -2.26. The molecule has 0 aliphatic heterocycles. The fourth-order valence-corrected chi connectivity index (χ4v) is 3.41. The highest BCUT2D eigenvalue weighted by atomic mass is 28.4. The van der Waals surface area contributed by atoms with Crippen LogP contribution in [0.2, 0.25) is 6.04 Å². The molecular weight excluding hydrogens is 226 g/mol. The average molecular weight is 251 g/mol. The largest absolute Gasteiger partial charge is 0.500 e. The van der Waals surface area contributed by atoms with Gasteiger partial charge in [0.15, 0.2) is 0 Å². The molecule has 16 heavy (non-hydrogen) atoms. The molecule has 0 bridgehead atoms. The standard InChI is InChI=1S/C10H25NO4Si/c1-11-7-5-10-16(13-3,14-4)15-9-6-8-12-2/h11H,5-10H2,1-4H3. The lowest BCUT2D eigenvalue weighted by Crippen LogP contribution is -2.44. The van der Waals surface area contributed by atoms with Gasteiger partial charge in [0.25, 0.3) is 0 Å². The SMILES string of the molecule is CNCCC[Si](OC)(OC)OCCCOC. The second-order valence-corrected chi connectivity index (χ2v) is 6.46. The summed E-state index contributed by atoms with van der Waals surface area (Å²) < 4.78 is 21.6. The van der Waals surface area contributed by atoms with Crippen LogP contribution in [0.15, 0.2) is 0 Å². The molecule has 0 aromatic rings. The van der Waals surface area contributed by atoms with Crippen LogP contribution in [-0.4, -0.2) is 56.9 Å². The normalized spacial score (nSPS) is 12.0. The Hall–Kier alpha value is 0.0169. The van der Waals surface area contributed by atoms with Gasteiger partial charge in [-0.15, -0.1) is 0 Å². The van der Waals surface area contributed by atoms with Gasteiger partial charge in [0.05, 0.1) is 0 Å². The van der Waals surface area contributed by atoms with Crippen molar-refractivity contribution in [2.75, 3.05) is 48.1 Å². The summed E-state index contributed by atoms with van der Waals surface area (Å²) in [5.74, 6) is 0. The van der Waals surface area contributed by atoms with Crippen molar-refractivity contribution >= 4 is 8.80 Å². The fourth-order valence-electron chi connectivity index (χ4n) is 1.39. The molecule has 0 aliphatic rings. The van der Waals surface area contributed by atoms with Crippen LogP contribution >= 0.6 is 0 Å². The summed E-state index contributed by atoms with van der Waals surface area (Å²) in [5.41, 5.74) is 0. The minimum absolute atomic E-state index is 0.626. The summed E-state index contributed by atoms with van der Waals surface area (Å²) >= 11 is 0. The third-order valence-electron chi connectivity index (χ3n) is 2.35. The van der Waals surface area contributed by atoms with E-state index in [1.807, 2.05) is 7.05 Å². The summed E-state index contributed by atoms with van der Waals surface area (Å²) in [6.07, 6.45) is 1.86. The van der Waals surface area contributed by atoms with Crippen LogP contribution in [0, 0.1) is 0 Å². The van der Waals surface area contributed by atoms with E-state index in [2.05, 4.69) is 5.32 Å². The topological polar surface area (TPSA) is 49.0 Å². The molecule has 0 spiro atoms. The van der Waals surface area contributed by atoms with Crippen molar-refractivity contribution in [1.29, 1.82) is 0 Å². The number of nitrogens with one attached hydrogen (secondary N) is 1. The molecule has 0 rings (SSSR count). The summed E-state index contributed by atoms with van der Waals surface area (Å²) in [7, 11) is 4.51. The Morgan fingerprint density at radius 3 is 2.19 bits per heavy atom. The summed E-state index contributed by atoms with van der Waals surface area (Å²) in [6, 6.07) is 0.841. The third-order valence-corrected chi connectivity index (χ3v) is 5.20. The van der Waals surface area contributed by atoms with E-state index in [9.17, 15) is 0 Å². The zero-order valence-corrected chi connectivity index (χ0v) is 11.9. The molecule has 0 unspecified atom stereocenters. The van der Waals surface area contributed by atoms with Crippen LogP contribution in [0.3, 0.4) is 0 Å². The van der Waals surface area contributed by atoms with Crippen molar-refractivity contribution in [3.63, 3.8) is 0 Å². The van der Waals surface area contributed by atoms with Crippen molar-refractivity contribution in [1.82, 2.24) is 5.32 Å². The maximum atomic E-state index is 5.76. The summed E-state index contributed by atoms with van der Waals surface area (Å²) in [4.78, 5) is 0. The van der Waals surface area contributed by atoms with E-state index in [1.165, 1.54) is 0 Å². The summed E-state index contributed by atoms with van der Waals surface area (Å²) in [5, 5.41) is 3.10. The van der Waals surface area contributed by atoms with Crippen LogP contribution in [0.5, 0.6) is 0 Å². The van der Waals surface area contributed by atoms with Gasteiger partial charge in [0.2, 0.25) is 0 Å². The van der Waals surface area contributed by atoms with Crippen molar-refractivity contribution in [3.8, 4) is 0 Å². The molecule has 0 aromatic carbocycles. The molecule has 0 heterocycles. The van der Waals surface area contributed by atoms with Gasteiger partial charge in [0.1, 0.15) is 0 Å². The lowest BCUT2D eigenvalue weighted by molar-refractivity contribution is 0.0853. The van der Waals surface area contributed by atoms with Gasteiger partial charge in [-0.2, -0.15) is 0 Å². The fraction of sp³-hybridized carbons (Fsp3) is 1.00. The molecule has 6 heteroatoms. The maximum absolute atomic E-state index is 5.76. The highest BCUT2D eigenvalue weighted by Gasteiger charge is 2.37. The molecule has 0 atom stereocenters. The zero-order valence-electron chi connectivity index (χ0n) is 10.9. The van der Waals surface area contributed by atoms with E-state index >= 15 is 0 Å². The van der Waals surface area contributed by atoms with Crippen LogP contribution < -0.4 is 5.32 Å². The van der Waals surface area contributed by atoms with E-state index in [0.29, 0.717) is 13.2 Å². The van der Waals surface area contributed by atoms with E-state index in [4.69, 9.17) is 18.0 Å². The maximum Gasteiger partial charge on any atom is 0.500 e. The molecule has 0 saturated heterocycles. The molecule has 0 aliphatic carbocycles. The van der Waals surface area contributed by atoms with E-state index in [-0.39, 0.29) is 0 Å². The Morgan fingerprint density at radius 1 is 1.00 bits per heavy atom. The first-order valence-corrected chi connectivity index (χ1v) is 7.55. The van der Waals surface area contributed by atoms with Crippen molar-refractivity contribution in [3.05, 3.63) is 0 Å². The Labute approximate surface area is 99.8 Å². The number of methoxy groups -OCH3 is 1. The molecule has 0 fully saturated rings. The van der Waals surface area contributed by atoms with Crippen LogP contribution in [0.1, 0.15) is 12.8 Å². The zero-order chi connectivity index (χ0) is 12.3. The minimum Gasteiger partial charge on any atom is -0.385 e. The first-order chi connectivity index (χ1) is 7.74. The average Bonchev–Trinajstić information content (AvgIpc) is 2.33. The van der Waals surface area contributed by atoms with Gasteiger partial charge in [-0.05, 0) is 26.4 Å². The van der Waals surface area contributed by atoms with E-state index in [0.717, 1.165) is 25.4 Å². The Bertz CT molecular complexity index is 156. The van der Waals surface area contributed by atoms with Gasteiger partial charge >= 0.3 is 8.80 Å². The molecule has 1 N–H and O–H groups in total. The number of ether oxygens (including phenoxy) is 1. The molecule has 0 saturated carbocycles. The molecule has 0 amide bonds. The van der Waals surface area contributed by atoms with Crippen molar-refractivity contribution < 1.29 is 18.0 Å². The Balaban J connectivity index is 3.90. The van der Waals surface area contributed by atoms with Gasteiger partial charge in [0, 0.05) is 40.6 Å². The minimum atomic E-state index is -2.43. The third kappa shape index (κ3) is 6.57. The Morgan fingerprint density at radius 2 is 1.69 bits per heavy atom.